The molecule has 0 aliphatic rings. The van der Waals surface area contributed by atoms with Gasteiger partial charge >= 0.3 is 12.1 Å². The van der Waals surface area contributed by atoms with Crippen molar-refractivity contribution in [2.45, 2.75) is 19.6 Å². The van der Waals surface area contributed by atoms with Crippen molar-refractivity contribution in [3.05, 3.63) is 53.7 Å². The van der Waals surface area contributed by atoms with Crippen LogP contribution < -0.4 is 5.32 Å². The Balaban J connectivity index is 0.000000423. The number of carboxylic acids is 1. The highest BCUT2D eigenvalue weighted by atomic mass is 19.4. The van der Waals surface area contributed by atoms with Crippen LogP contribution in [0.2, 0.25) is 0 Å². The first kappa shape index (κ1) is 23.6. The van der Waals surface area contributed by atoms with Crippen molar-refractivity contribution in [1.82, 2.24) is 20.1 Å². The molecule has 0 bridgehead atoms. The van der Waals surface area contributed by atoms with E-state index in [1.54, 1.807) is 12.1 Å². The summed E-state index contributed by atoms with van der Waals surface area (Å²) in [5.41, 5.74) is 2.49. The normalized spacial score (nSPS) is 11.1. The summed E-state index contributed by atoms with van der Waals surface area (Å²) < 4.78 is 37.3. The van der Waals surface area contributed by atoms with Gasteiger partial charge in [0, 0.05) is 5.56 Å². The monoisotopic (exact) mass is 439 g/mol. The molecule has 0 atom stereocenters. The number of nitrogens with zero attached hydrogens (tertiary/aromatic N) is 3. The van der Waals surface area contributed by atoms with E-state index >= 15 is 0 Å². The van der Waals surface area contributed by atoms with Crippen LogP contribution in [0.15, 0.2) is 41.1 Å². The van der Waals surface area contributed by atoms with Crippen LogP contribution in [-0.2, 0) is 11.3 Å². The molecule has 0 radical (unpaired) electrons. The van der Waals surface area contributed by atoms with Gasteiger partial charge in [0.2, 0.25) is 0 Å². The van der Waals surface area contributed by atoms with Crippen molar-refractivity contribution in [2.75, 3.05) is 19.4 Å². The third-order valence-electron chi connectivity index (χ3n) is 3.69. The van der Waals surface area contributed by atoms with Crippen molar-refractivity contribution in [1.29, 1.82) is 0 Å². The lowest BCUT2D eigenvalue weighted by Gasteiger charge is -2.09. The van der Waals surface area contributed by atoms with Crippen molar-refractivity contribution >= 4 is 17.6 Å². The number of aryl methyl sites for hydroxylation is 1. The fourth-order valence-electron chi connectivity index (χ4n) is 2.38. The lowest BCUT2D eigenvalue weighted by atomic mass is 10.1. The van der Waals surface area contributed by atoms with E-state index in [0.717, 1.165) is 16.9 Å². The molecular formula is C19H20F3N5O4. The van der Waals surface area contributed by atoms with Crippen molar-refractivity contribution in [3.63, 3.8) is 0 Å². The maximum absolute atomic E-state index is 12.5. The number of alkyl halides is 3. The number of aromatic nitrogens is 3. The summed E-state index contributed by atoms with van der Waals surface area (Å²) in [6.45, 7) is 2.62. The summed E-state index contributed by atoms with van der Waals surface area (Å²) in [4.78, 5) is 27.5. The third-order valence-corrected chi connectivity index (χ3v) is 3.69. The second kappa shape index (κ2) is 9.89. The Morgan fingerprint density at radius 3 is 2.45 bits per heavy atom. The summed E-state index contributed by atoms with van der Waals surface area (Å²) in [5, 5.41) is 16.7. The molecule has 0 saturated heterocycles. The van der Waals surface area contributed by atoms with E-state index in [9.17, 15) is 18.0 Å². The standard InChI is InChI=1S/C17H19N5O2.C2HF3O2/c1-11-4-6-14(13(8-11)16-18-10-19-21-16)20-17(23)15-7-5-12(24-15)9-22(2)3;3-2(4,5)1(6)7/h4-8,10H,9H2,1-3H3,(H,20,23)(H,18,19,21);(H,6,7). The van der Waals surface area contributed by atoms with Crippen LogP contribution in [0.5, 0.6) is 0 Å². The number of furan rings is 1. The van der Waals surface area contributed by atoms with Gasteiger partial charge < -0.3 is 19.7 Å². The molecule has 3 N–H and O–H groups in total. The summed E-state index contributed by atoms with van der Waals surface area (Å²) >= 11 is 0. The molecule has 2 aromatic heterocycles. The highest BCUT2D eigenvalue weighted by molar-refractivity contribution is 6.04. The molecule has 0 fully saturated rings. The van der Waals surface area contributed by atoms with Crippen LogP contribution in [-0.4, -0.2) is 57.3 Å². The molecule has 0 aliphatic carbocycles. The highest BCUT2D eigenvalue weighted by Gasteiger charge is 2.38. The van der Waals surface area contributed by atoms with Gasteiger partial charge in [0.15, 0.2) is 11.6 Å². The van der Waals surface area contributed by atoms with Crippen LogP contribution in [0.1, 0.15) is 21.9 Å². The van der Waals surface area contributed by atoms with Gasteiger partial charge in [-0.25, -0.2) is 9.78 Å². The van der Waals surface area contributed by atoms with Crippen molar-refractivity contribution < 1.29 is 32.3 Å². The topological polar surface area (TPSA) is 124 Å². The van der Waals surface area contributed by atoms with Crippen LogP contribution in [0.25, 0.3) is 11.4 Å². The number of carbonyl (C=O) groups excluding carboxylic acids is 1. The average Bonchev–Trinajstić information content (AvgIpc) is 3.34. The molecular weight excluding hydrogens is 419 g/mol. The molecule has 0 unspecified atom stereocenters. The lowest BCUT2D eigenvalue weighted by molar-refractivity contribution is -0.192. The number of hydrogen-bond acceptors (Lipinski definition) is 6. The second-order valence-electron chi connectivity index (χ2n) is 6.64. The van der Waals surface area contributed by atoms with Gasteiger partial charge in [-0.15, -0.1) is 0 Å². The number of rotatable bonds is 5. The van der Waals surface area contributed by atoms with E-state index in [1.807, 2.05) is 44.1 Å². The number of halogens is 3. The summed E-state index contributed by atoms with van der Waals surface area (Å²) in [6, 6.07) is 9.19. The first-order valence-electron chi connectivity index (χ1n) is 8.78. The molecule has 0 aliphatic heterocycles. The minimum atomic E-state index is -5.08. The Morgan fingerprint density at radius 1 is 1.23 bits per heavy atom. The summed E-state index contributed by atoms with van der Waals surface area (Å²) in [5.74, 6) is -1.45. The molecule has 1 amide bonds. The number of H-pyrrole nitrogens is 1. The number of nitrogens with one attached hydrogen (secondary N) is 2. The van der Waals surface area contributed by atoms with Crippen LogP contribution in [0.4, 0.5) is 18.9 Å². The molecule has 12 heteroatoms. The maximum Gasteiger partial charge on any atom is 0.490 e. The summed E-state index contributed by atoms with van der Waals surface area (Å²) in [7, 11) is 3.89. The van der Waals surface area contributed by atoms with Crippen LogP contribution in [0.3, 0.4) is 0 Å². The molecule has 0 saturated carbocycles. The first-order chi connectivity index (χ1) is 14.5. The number of carbonyl (C=O) groups is 2. The molecule has 166 valence electrons. The zero-order valence-electron chi connectivity index (χ0n) is 16.8. The predicted octanol–water partition coefficient (Wildman–Crippen LogP) is 3.32. The molecule has 3 aromatic rings. The highest BCUT2D eigenvalue weighted by Crippen LogP contribution is 2.26. The number of amides is 1. The number of benzene rings is 1. The zero-order valence-corrected chi connectivity index (χ0v) is 16.8. The van der Waals surface area contributed by atoms with Gasteiger partial charge in [-0.2, -0.15) is 18.3 Å². The van der Waals surface area contributed by atoms with Gasteiger partial charge in [0.05, 0.1) is 12.2 Å². The Kier molecular flexibility index (Phi) is 7.53. The van der Waals surface area contributed by atoms with Crippen molar-refractivity contribution in [2.24, 2.45) is 0 Å². The number of aromatic amines is 1. The number of carboxylic acid groups (broad SMARTS) is 1. The van der Waals surface area contributed by atoms with Crippen molar-refractivity contribution in [3.8, 4) is 11.4 Å². The third kappa shape index (κ3) is 6.96. The van der Waals surface area contributed by atoms with Gasteiger partial charge in [-0.3, -0.25) is 9.89 Å². The number of anilines is 1. The minimum absolute atomic E-state index is 0.274. The number of hydrogen-bond donors (Lipinski definition) is 3. The Hall–Kier alpha value is -3.67. The van der Waals surface area contributed by atoms with Crippen LogP contribution >= 0.6 is 0 Å². The van der Waals surface area contributed by atoms with E-state index in [-0.39, 0.29) is 11.7 Å². The van der Waals surface area contributed by atoms with E-state index < -0.39 is 12.1 Å². The Bertz CT molecular complexity index is 1030. The van der Waals surface area contributed by atoms with Gasteiger partial charge in [0.1, 0.15) is 12.1 Å². The van der Waals surface area contributed by atoms with Gasteiger partial charge in [-0.1, -0.05) is 11.6 Å². The first-order valence-corrected chi connectivity index (χ1v) is 8.78. The molecule has 0 spiro atoms. The quantitative estimate of drug-likeness (QED) is 0.557. The van der Waals surface area contributed by atoms with E-state index in [2.05, 4.69) is 20.5 Å². The van der Waals surface area contributed by atoms with E-state index in [4.69, 9.17) is 14.3 Å². The van der Waals surface area contributed by atoms with Crippen LogP contribution in [0, 0.1) is 6.92 Å². The largest absolute Gasteiger partial charge is 0.490 e. The fraction of sp³-hybridized carbons (Fsp3) is 0.263. The maximum atomic E-state index is 12.5. The summed E-state index contributed by atoms with van der Waals surface area (Å²) in [6.07, 6.45) is -3.65. The molecule has 2 heterocycles. The molecule has 31 heavy (non-hydrogen) atoms. The predicted molar refractivity (Wildman–Crippen MR) is 104 cm³/mol. The molecule has 1 aromatic carbocycles. The molecule has 9 nitrogen and oxygen atoms in total. The fourth-order valence-corrected chi connectivity index (χ4v) is 2.38. The minimum Gasteiger partial charge on any atom is -0.475 e. The average molecular weight is 439 g/mol. The van der Waals surface area contributed by atoms with E-state index in [1.165, 1.54) is 6.33 Å². The lowest BCUT2D eigenvalue weighted by Crippen LogP contribution is -2.21. The SMILES string of the molecule is Cc1ccc(NC(=O)c2ccc(CN(C)C)o2)c(-c2ncn[nH]2)c1.O=C(O)C(F)(F)F. The van der Waals surface area contributed by atoms with E-state index in [0.29, 0.717) is 18.1 Å². The van der Waals surface area contributed by atoms with Gasteiger partial charge in [0.25, 0.3) is 5.91 Å². The second-order valence-corrected chi connectivity index (χ2v) is 6.64. The zero-order chi connectivity index (χ0) is 23.2. The molecule has 3 rings (SSSR count). The Morgan fingerprint density at radius 2 is 1.90 bits per heavy atom. The van der Waals surface area contributed by atoms with Gasteiger partial charge in [-0.05, 0) is 45.3 Å². The smallest absolute Gasteiger partial charge is 0.475 e. The Labute approximate surface area is 174 Å². The number of aliphatic carboxylic acids is 1.